The smallest absolute Gasteiger partial charge is 0.330 e. The lowest BCUT2D eigenvalue weighted by atomic mass is 9.74. The number of likely N-dealkylation sites (tertiary alicyclic amines) is 1. The van der Waals surface area contributed by atoms with E-state index in [0.717, 1.165) is 17.7 Å². The molecular formula is C22H27NO5. The minimum absolute atomic E-state index is 0.0248. The summed E-state index contributed by atoms with van der Waals surface area (Å²) in [6, 6.07) is 7.17. The maximum atomic E-state index is 13.4. The second-order valence-corrected chi connectivity index (χ2v) is 7.42. The topological polar surface area (TPSA) is 72.9 Å². The van der Waals surface area contributed by atoms with Gasteiger partial charge >= 0.3 is 5.97 Å². The fourth-order valence-corrected chi connectivity index (χ4v) is 4.49. The number of rotatable bonds is 6. The number of Topliss-reactive ketones (excluding diaryl/α,β-unsaturated/α-hetero) is 1. The molecule has 0 aromatic heterocycles. The molecule has 1 spiro atoms. The number of ether oxygens (including phenoxy) is 2. The summed E-state index contributed by atoms with van der Waals surface area (Å²) < 4.78 is 10.2. The van der Waals surface area contributed by atoms with E-state index in [1.54, 1.807) is 25.0 Å². The molecule has 0 bridgehead atoms. The Kier molecular flexibility index (Phi) is 5.87. The average molecular weight is 385 g/mol. The van der Waals surface area contributed by atoms with Gasteiger partial charge in [-0.2, -0.15) is 0 Å². The van der Waals surface area contributed by atoms with Crippen molar-refractivity contribution >= 4 is 17.7 Å². The fraction of sp³-hybridized carbons (Fsp3) is 0.500. The second kappa shape index (κ2) is 8.17. The molecule has 2 aliphatic rings. The predicted molar refractivity (Wildman–Crippen MR) is 104 cm³/mol. The first-order chi connectivity index (χ1) is 13.4. The Labute approximate surface area is 165 Å². The molecular weight excluding hydrogens is 358 g/mol. The molecule has 28 heavy (non-hydrogen) atoms. The second-order valence-electron chi connectivity index (χ2n) is 7.42. The number of ketones is 1. The van der Waals surface area contributed by atoms with Gasteiger partial charge in [0, 0.05) is 25.0 Å². The lowest BCUT2D eigenvalue weighted by Gasteiger charge is -2.24. The van der Waals surface area contributed by atoms with Crippen molar-refractivity contribution in [1.82, 2.24) is 4.90 Å². The van der Waals surface area contributed by atoms with Crippen LogP contribution in [-0.2, 0) is 25.7 Å². The molecule has 6 heteroatoms. The first-order valence-corrected chi connectivity index (χ1v) is 9.76. The molecule has 0 unspecified atom stereocenters. The third-order valence-electron chi connectivity index (χ3n) is 5.99. The lowest BCUT2D eigenvalue weighted by molar-refractivity contribution is -0.144. The molecule has 3 rings (SSSR count). The highest BCUT2D eigenvalue weighted by atomic mass is 16.5. The van der Waals surface area contributed by atoms with E-state index in [0.29, 0.717) is 26.0 Å². The SMILES string of the molecule is CCOC(=O)/C=C/[C@@H]1[C@@H](C)[C@@]2(CCCC2=O)C(=O)N1Cc1ccc(OC)cc1. The highest BCUT2D eigenvalue weighted by Crippen LogP contribution is 2.51. The first-order valence-electron chi connectivity index (χ1n) is 9.76. The summed E-state index contributed by atoms with van der Waals surface area (Å²) in [6.07, 6.45) is 4.84. The van der Waals surface area contributed by atoms with Crippen molar-refractivity contribution in [2.45, 2.75) is 45.7 Å². The molecule has 3 atom stereocenters. The highest BCUT2D eigenvalue weighted by Gasteiger charge is 2.61. The number of hydrogen-bond donors (Lipinski definition) is 0. The van der Waals surface area contributed by atoms with Crippen LogP contribution in [0, 0.1) is 11.3 Å². The summed E-state index contributed by atoms with van der Waals surface area (Å²) >= 11 is 0. The van der Waals surface area contributed by atoms with E-state index in [1.807, 2.05) is 31.2 Å². The van der Waals surface area contributed by atoms with Crippen molar-refractivity contribution in [2.24, 2.45) is 11.3 Å². The van der Waals surface area contributed by atoms with Gasteiger partial charge in [0.15, 0.2) is 0 Å². The van der Waals surface area contributed by atoms with E-state index in [4.69, 9.17) is 9.47 Å². The molecule has 2 fully saturated rings. The standard InChI is InChI=1S/C22H27NO5/c1-4-28-20(25)12-11-18-15(2)22(13-5-6-19(22)24)21(26)23(18)14-16-7-9-17(27-3)10-8-16/h7-12,15,18H,4-6,13-14H2,1-3H3/b12-11+/t15-,18-,22-/m1/s1. The van der Waals surface area contributed by atoms with E-state index in [-0.39, 0.29) is 23.7 Å². The fourth-order valence-electron chi connectivity index (χ4n) is 4.49. The maximum Gasteiger partial charge on any atom is 0.330 e. The van der Waals surface area contributed by atoms with E-state index in [1.165, 1.54) is 6.08 Å². The maximum absolute atomic E-state index is 13.4. The summed E-state index contributed by atoms with van der Waals surface area (Å²) in [4.78, 5) is 39.6. The Morgan fingerprint density at radius 1 is 1.29 bits per heavy atom. The number of nitrogens with zero attached hydrogens (tertiary/aromatic N) is 1. The van der Waals surface area contributed by atoms with Crippen LogP contribution in [0.4, 0.5) is 0 Å². The van der Waals surface area contributed by atoms with Crippen LogP contribution in [0.5, 0.6) is 5.75 Å². The van der Waals surface area contributed by atoms with Gasteiger partial charge in [0.1, 0.15) is 16.9 Å². The van der Waals surface area contributed by atoms with Crippen molar-refractivity contribution in [2.75, 3.05) is 13.7 Å². The van der Waals surface area contributed by atoms with Gasteiger partial charge in [-0.25, -0.2) is 4.79 Å². The van der Waals surface area contributed by atoms with Crippen molar-refractivity contribution in [1.29, 1.82) is 0 Å². The average Bonchev–Trinajstić information content (AvgIpc) is 3.17. The monoisotopic (exact) mass is 385 g/mol. The Morgan fingerprint density at radius 2 is 2.00 bits per heavy atom. The number of benzene rings is 1. The molecule has 1 amide bonds. The Bertz CT molecular complexity index is 785. The zero-order valence-electron chi connectivity index (χ0n) is 16.6. The minimum atomic E-state index is -0.962. The van der Waals surface area contributed by atoms with Crippen LogP contribution < -0.4 is 4.74 Å². The van der Waals surface area contributed by atoms with Crippen LogP contribution in [-0.4, -0.2) is 42.3 Å². The summed E-state index contributed by atoms with van der Waals surface area (Å²) in [5, 5.41) is 0. The molecule has 1 aromatic carbocycles. The van der Waals surface area contributed by atoms with Gasteiger partial charge in [-0.1, -0.05) is 25.1 Å². The van der Waals surface area contributed by atoms with Crippen molar-refractivity contribution in [3.63, 3.8) is 0 Å². The molecule has 1 saturated carbocycles. The normalized spacial score (nSPS) is 27.2. The van der Waals surface area contributed by atoms with E-state index >= 15 is 0 Å². The number of hydrogen-bond acceptors (Lipinski definition) is 5. The molecule has 150 valence electrons. The Morgan fingerprint density at radius 3 is 2.57 bits per heavy atom. The van der Waals surface area contributed by atoms with Gasteiger partial charge in [-0.15, -0.1) is 0 Å². The van der Waals surface area contributed by atoms with Crippen LogP contribution in [0.2, 0.25) is 0 Å². The van der Waals surface area contributed by atoms with Gasteiger partial charge in [0.25, 0.3) is 0 Å². The molecule has 1 aliphatic heterocycles. The Balaban J connectivity index is 1.91. The van der Waals surface area contributed by atoms with Gasteiger partial charge in [-0.3, -0.25) is 9.59 Å². The number of carbonyl (C=O) groups is 3. The first kappa shape index (κ1) is 20.1. The molecule has 0 N–H and O–H groups in total. The van der Waals surface area contributed by atoms with E-state index in [2.05, 4.69) is 0 Å². The largest absolute Gasteiger partial charge is 0.497 e. The van der Waals surface area contributed by atoms with Crippen molar-refractivity contribution in [3.8, 4) is 5.75 Å². The summed E-state index contributed by atoms with van der Waals surface area (Å²) in [5.74, 6) is 0.00354. The van der Waals surface area contributed by atoms with Crippen LogP contribution in [0.25, 0.3) is 0 Å². The van der Waals surface area contributed by atoms with Crippen LogP contribution in [0.1, 0.15) is 38.7 Å². The molecule has 1 aliphatic carbocycles. The van der Waals surface area contributed by atoms with Crippen LogP contribution in [0.15, 0.2) is 36.4 Å². The number of methoxy groups -OCH3 is 1. The summed E-state index contributed by atoms with van der Waals surface area (Å²) in [6.45, 7) is 4.35. The third-order valence-corrected chi connectivity index (χ3v) is 5.99. The van der Waals surface area contributed by atoms with Crippen LogP contribution in [0.3, 0.4) is 0 Å². The number of esters is 1. The Hall–Kier alpha value is -2.63. The molecule has 6 nitrogen and oxygen atoms in total. The number of carbonyl (C=O) groups excluding carboxylic acids is 3. The minimum Gasteiger partial charge on any atom is -0.497 e. The van der Waals surface area contributed by atoms with E-state index in [9.17, 15) is 14.4 Å². The summed E-state index contributed by atoms with van der Waals surface area (Å²) in [5.41, 5.74) is -0.0192. The van der Waals surface area contributed by atoms with Gasteiger partial charge < -0.3 is 14.4 Å². The summed E-state index contributed by atoms with van der Waals surface area (Å²) in [7, 11) is 1.60. The zero-order valence-corrected chi connectivity index (χ0v) is 16.6. The molecule has 1 heterocycles. The van der Waals surface area contributed by atoms with E-state index < -0.39 is 11.4 Å². The molecule has 1 saturated heterocycles. The third kappa shape index (κ3) is 3.43. The zero-order chi connectivity index (χ0) is 20.3. The molecule has 0 radical (unpaired) electrons. The quantitative estimate of drug-likeness (QED) is 0.428. The van der Waals surface area contributed by atoms with Crippen molar-refractivity contribution < 1.29 is 23.9 Å². The highest BCUT2D eigenvalue weighted by molar-refractivity contribution is 6.09. The van der Waals surface area contributed by atoms with Gasteiger partial charge in [-0.05, 0) is 37.5 Å². The lowest BCUT2D eigenvalue weighted by Crippen LogP contribution is -2.39. The predicted octanol–water partition coefficient (Wildman–Crippen LogP) is 2.90. The van der Waals surface area contributed by atoms with Gasteiger partial charge in [0.05, 0.1) is 19.8 Å². The van der Waals surface area contributed by atoms with Crippen LogP contribution >= 0.6 is 0 Å². The van der Waals surface area contributed by atoms with Crippen molar-refractivity contribution in [3.05, 3.63) is 42.0 Å². The van der Waals surface area contributed by atoms with Gasteiger partial charge in [0.2, 0.25) is 5.91 Å². The number of amides is 1. The molecule has 1 aromatic rings.